The summed E-state index contributed by atoms with van der Waals surface area (Å²) >= 11 is 14.0. The third-order valence-electron chi connectivity index (χ3n) is 6.61. The second kappa shape index (κ2) is 13.2. The monoisotopic (exact) mass is 577 g/mol. The fourth-order valence-electron chi connectivity index (χ4n) is 4.65. The highest BCUT2D eigenvalue weighted by Gasteiger charge is 2.21. The van der Waals surface area contributed by atoms with E-state index in [0.717, 1.165) is 53.8 Å². The fraction of sp³-hybridized carbons (Fsp3) is 0.233. The zero-order chi connectivity index (χ0) is 27.0. The highest BCUT2D eigenvalue weighted by atomic mass is 35.5. The van der Waals surface area contributed by atoms with E-state index in [-0.39, 0.29) is 17.7 Å². The number of amides is 1. The van der Waals surface area contributed by atoms with E-state index in [1.54, 1.807) is 6.07 Å². The van der Waals surface area contributed by atoms with E-state index in [2.05, 4.69) is 32.2 Å². The second-order valence-corrected chi connectivity index (χ2v) is 11.0. The molecule has 0 spiro atoms. The minimum Gasteiger partial charge on any atom is -0.367 e. The van der Waals surface area contributed by atoms with Gasteiger partial charge in [0.05, 0.1) is 22.5 Å². The van der Waals surface area contributed by atoms with Gasteiger partial charge in [0.1, 0.15) is 11.0 Å². The summed E-state index contributed by atoms with van der Waals surface area (Å²) in [5.41, 5.74) is 3.27. The largest absolute Gasteiger partial charge is 0.367 e. The van der Waals surface area contributed by atoms with Crippen LogP contribution in [0.5, 0.6) is 0 Å². The molecule has 0 bridgehead atoms. The first kappa shape index (κ1) is 27.3. The van der Waals surface area contributed by atoms with Crippen molar-refractivity contribution in [3.63, 3.8) is 0 Å². The van der Waals surface area contributed by atoms with Gasteiger partial charge < -0.3 is 15.1 Å². The Morgan fingerprint density at radius 1 is 0.846 bits per heavy atom. The Bertz CT molecular complexity index is 1380. The van der Waals surface area contributed by atoms with Gasteiger partial charge in [0, 0.05) is 32.2 Å². The molecule has 0 radical (unpaired) electrons. The number of carbonyl (C=O) groups is 1. The lowest BCUT2D eigenvalue weighted by Crippen LogP contribution is -2.47. The molecule has 1 aliphatic heterocycles. The summed E-state index contributed by atoms with van der Waals surface area (Å²) in [4.78, 5) is 26.6. The topological polar surface area (TPSA) is 61.4 Å². The van der Waals surface area contributed by atoms with Gasteiger partial charge in [0.2, 0.25) is 5.91 Å². The van der Waals surface area contributed by atoms with Gasteiger partial charge in [-0.3, -0.25) is 4.79 Å². The van der Waals surface area contributed by atoms with Crippen molar-refractivity contribution in [2.75, 3.05) is 41.7 Å². The van der Waals surface area contributed by atoms with Crippen LogP contribution in [-0.2, 0) is 11.2 Å². The number of halogens is 2. The Labute approximate surface area is 243 Å². The Hall–Kier alpha value is -3.26. The number of para-hydroxylation sites is 1. The first-order chi connectivity index (χ1) is 19.0. The van der Waals surface area contributed by atoms with Crippen molar-refractivity contribution in [3.05, 3.63) is 112 Å². The lowest BCUT2D eigenvalue weighted by atomic mass is 9.99. The van der Waals surface area contributed by atoms with Crippen molar-refractivity contribution in [1.82, 2.24) is 15.3 Å². The van der Waals surface area contributed by atoms with Gasteiger partial charge in [-0.15, -0.1) is 0 Å². The van der Waals surface area contributed by atoms with Gasteiger partial charge >= 0.3 is 0 Å². The highest BCUT2D eigenvalue weighted by Crippen LogP contribution is 2.28. The van der Waals surface area contributed by atoms with Crippen LogP contribution >= 0.6 is 35.0 Å². The lowest BCUT2D eigenvalue weighted by molar-refractivity contribution is -0.119. The molecule has 1 N–H and O–H groups in total. The highest BCUT2D eigenvalue weighted by molar-refractivity contribution is 7.99. The molecule has 5 rings (SSSR count). The number of aromatic nitrogens is 2. The molecule has 1 aromatic heterocycles. The molecule has 200 valence electrons. The molecule has 2 heterocycles. The molecule has 1 atom stereocenters. The van der Waals surface area contributed by atoms with Crippen LogP contribution in [0.1, 0.15) is 17.2 Å². The number of hydrogen-bond donors (Lipinski definition) is 1. The van der Waals surface area contributed by atoms with Crippen molar-refractivity contribution in [3.8, 4) is 0 Å². The number of thioether (sulfide) groups is 1. The van der Waals surface area contributed by atoms with Crippen molar-refractivity contribution >= 4 is 52.4 Å². The maximum Gasteiger partial charge on any atom is 0.230 e. The molecule has 1 saturated heterocycles. The van der Waals surface area contributed by atoms with Crippen molar-refractivity contribution in [2.45, 2.75) is 17.6 Å². The molecule has 1 aliphatic rings. The average molecular weight is 579 g/mol. The van der Waals surface area contributed by atoms with Gasteiger partial charge in [0.25, 0.3) is 0 Å². The molecule has 1 fully saturated rings. The van der Waals surface area contributed by atoms with E-state index in [9.17, 15) is 4.79 Å². The number of piperazine rings is 1. The summed E-state index contributed by atoms with van der Waals surface area (Å²) in [6.45, 7) is 3.19. The Morgan fingerprint density at radius 3 is 2.21 bits per heavy atom. The number of benzene rings is 3. The number of carbonyl (C=O) groups excluding carboxylic acids is 1. The standard InChI is InChI=1S/C30H29Cl2N5OS/c31-24-13-7-8-14-26(24)36-15-17-37(18-16-36)28-20-27(32)34-30(35-28)39-21-29(38)33-25(23-11-5-2-6-12-23)19-22-9-3-1-4-10-22/h1-14,20,25H,15-19,21H2,(H,33,38). The zero-order valence-electron chi connectivity index (χ0n) is 21.3. The van der Waals surface area contributed by atoms with E-state index in [4.69, 9.17) is 28.2 Å². The third-order valence-corrected chi connectivity index (χ3v) is 7.97. The van der Waals surface area contributed by atoms with Crippen LogP contribution in [0.25, 0.3) is 0 Å². The van der Waals surface area contributed by atoms with Gasteiger partial charge in [-0.25, -0.2) is 9.97 Å². The van der Waals surface area contributed by atoms with E-state index >= 15 is 0 Å². The maximum atomic E-state index is 13.0. The van der Waals surface area contributed by atoms with Gasteiger partial charge in [-0.05, 0) is 29.7 Å². The summed E-state index contributed by atoms with van der Waals surface area (Å²) in [6.07, 6.45) is 0.708. The number of rotatable bonds is 9. The molecule has 3 aromatic carbocycles. The Balaban J connectivity index is 1.20. The molecular weight excluding hydrogens is 549 g/mol. The fourth-order valence-corrected chi connectivity index (χ4v) is 5.80. The van der Waals surface area contributed by atoms with E-state index < -0.39 is 0 Å². The van der Waals surface area contributed by atoms with E-state index in [0.29, 0.717) is 16.7 Å². The lowest BCUT2D eigenvalue weighted by Gasteiger charge is -2.37. The molecular formula is C30H29Cl2N5OS. The molecule has 1 amide bonds. The number of nitrogens with one attached hydrogen (secondary N) is 1. The molecule has 39 heavy (non-hydrogen) atoms. The average Bonchev–Trinajstić information content (AvgIpc) is 2.97. The molecule has 1 unspecified atom stereocenters. The summed E-state index contributed by atoms with van der Waals surface area (Å²) in [7, 11) is 0. The SMILES string of the molecule is O=C(CSc1nc(Cl)cc(N2CCN(c3ccccc3Cl)CC2)n1)NC(Cc1ccccc1)c1ccccc1. The number of anilines is 2. The summed E-state index contributed by atoms with van der Waals surface area (Å²) in [5, 5.41) is 4.80. The smallest absolute Gasteiger partial charge is 0.230 e. The van der Waals surface area contributed by atoms with Crippen molar-refractivity contribution in [2.24, 2.45) is 0 Å². The first-order valence-electron chi connectivity index (χ1n) is 12.9. The Kier molecular flexibility index (Phi) is 9.24. The second-order valence-electron chi connectivity index (χ2n) is 9.27. The predicted molar refractivity (Wildman–Crippen MR) is 161 cm³/mol. The predicted octanol–water partition coefficient (Wildman–Crippen LogP) is 6.30. The number of hydrogen-bond acceptors (Lipinski definition) is 6. The molecule has 4 aromatic rings. The van der Waals surface area contributed by atoms with Crippen LogP contribution in [-0.4, -0.2) is 47.8 Å². The third kappa shape index (κ3) is 7.44. The van der Waals surface area contributed by atoms with Crippen LogP contribution in [0.15, 0.2) is 96.2 Å². The van der Waals surface area contributed by atoms with Gasteiger partial charge in [-0.1, -0.05) is 108 Å². The summed E-state index contributed by atoms with van der Waals surface area (Å²) in [6, 6.07) is 29.8. The van der Waals surface area contributed by atoms with Gasteiger partial charge in [-0.2, -0.15) is 0 Å². The minimum absolute atomic E-state index is 0.0803. The first-order valence-corrected chi connectivity index (χ1v) is 14.6. The molecule has 0 saturated carbocycles. The number of nitrogens with zero attached hydrogens (tertiary/aromatic N) is 4. The molecule has 0 aliphatic carbocycles. The van der Waals surface area contributed by atoms with E-state index in [1.165, 1.54) is 11.8 Å². The minimum atomic E-state index is -0.132. The van der Waals surface area contributed by atoms with Crippen LogP contribution in [0.4, 0.5) is 11.5 Å². The van der Waals surface area contributed by atoms with Crippen molar-refractivity contribution in [1.29, 1.82) is 0 Å². The normalized spacial score (nSPS) is 14.2. The Morgan fingerprint density at radius 2 is 1.49 bits per heavy atom. The van der Waals surface area contributed by atoms with Crippen LogP contribution in [0.3, 0.4) is 0 Å². The summed E-state index contributed by atoms with van der Waals surface area (Å²) < 4.78 is 0. The van der Waals surface area contributed by atoms with Crippen LogP contribution in [0, 0.1) is 0 Å². The maximum absolute atomic E-state index is 13.0. The van der Waals surface area contributed by atoms with Crippen molar-refractivity contribution < 1.29 is 4.79 Å². The molecule has 9 heteroatoms. The van der Waals surface area contributed by atoms with Gasteiger partial charge in [0.15, 0.2) is 5.16 Å². The summed E-state index contributed by atoms with van der Waals surface area (Å²) in [5.74, 6) is 0.879. The van der Waals surface area contributed by atoms with Crippen LogP contribution in [0.2, 0.25) is 10.2 Å². The van der Waals surface area contributed by atoms with E-state index in [1.807, 2.05) is 72.8 Å². The quantitative estimate of drug-likeness (QED) is 0.143. The zero-order valence-corrected chi connectivity index (χ0v) is 23.7. The van der Waals surface area contributed by atoms with Crippen LogP contribution < -0.4 is 15.1 Å². The molecule has 6 nitrogen and oxygen atoms in total.